The molecule has 2 aliphatic carbocycles. The third-order valence-electron chi connectivity index (χ3n) is 3.59. The molecule has 4 nitrogen and oxygen atoms in total. The molecule has 1 N–H and O–H groups in total. The van der Waals surface area contributed by atoms with Gasteiger partial charge in [0, 0.05) is 18.3 Å². The van der Waals surface area contributed by atoms with Gasteiger partial charge in [0.15, 0.2) is 0 Å². The Morgan fingerprint density at radius 2 is 2.28 bits per heavy atom. The van der Waals surface area contributed by atoms with Gasteiger partial charge in [-0.15, -0.1) is 0 Å². The average Bonchev–Trinajstić information content (AvgIpc) is 3.27. The van der Waals surface area contributed by atoms with Crippen LogP contribution in [0.3, 0.4) is 0 Å². The fraction of sp³-hybridized carbons (Fsp3) is 0.571. The van der Waals surface area contributed by atoms with E-state index in [4.69, 9.17) is 4.74 Å². The van der Waals surface area contributed by atoms with Crippen molar-refractivity contribution < 1.29 is 9.53 Å². The van der Waals surface area contributed by atoms with Gasteiger partial charge in [0.2, 0.25) is 5.88 Å². The summed E-state index contributed by atoms with van der Waals surface area (Å²) in [5, 5.41) is 2.98. The van der Waals surface area contributed by atoms with Crippen LogP contribution in [0.4, 0.5) is 0 Å². The zero-order chi connectivity index (χ0) is 12.5. The van der Waals surface area contributed by atoms with E-state index in [1.807, 2.05) is 0 Å². The molecule has 18 heavy (non-hydrogen) atoms. The Morgan fingerprint density at radius 1 is 1.50 bits per heavy atom. The molecule has 1 heterocycles. The predicted molar refractivity (Wildman–Crippen MR) is 67.5 cm³/mol. The largest absolute Gasteiger partial charge is 0.477 e. The van der Waals surface area contributed by atoms with Crippen molar-refractivity contribution in [1.29, 1.82) is 0 Å². The van der Waals surface area contributed by atoms with Gasteiger partial charge in [-0.05, 0) is 37.2 Å². The molecule has 1 aromatic heterocycles. The van der Waals surface area contributed by atoms with Gasteiger partial charge in [0.25, 0.3) is 5.91 Å². The summed E-state index contributed by atoms with van der Waals surface area (Å²) in [4.78, 5) is 16.0. The number of rotatable bonds is 5. The molecule has 2 saturated carbocycles. The first-order valence-electron chi connectivity index (χ1n) is 6.62. The van der Waals surface area contributed by atoms with Gasteiger partial charge >= 0.3 is 0 Å². The van der Waals surface area contributed by atoms with Crippen molar-refractivity contribution in [2.24, 2.45) is 11.8 Å². The number of amides is 1. The molecule has 0 saturated heterocycles. The Labute approximate surface area is 107 Å². The second kappa shape index (κ2) is 4.59. The molecule has 0 spiro atoms. The zero-order valence-corrected chi connectivity index (χ0v) is 10.6. The Hall–Kier alpha value is -1.58. The van der Waals surface area contributed by atoms with Crippen molar-refractivity contribution in [3.8, 4) is 5.88 Å². The summed E-state index contributed by atoms with van der Waals surface area (Å²) in [6.07, 6.45) is 5.20. The summed E-state index contributed by atoms with van der Waals surface area (Å²) < 4.78 is 5.53. The predicted octanol–water partition coefficient (Wildman–Crippen LogP) is 2.01. The molecule has 4 heteroatoms. The first-order valence-corrected chi connectivity index (χ1v) is 6.62. The van der Waals surface area contributed by atoms with Crippen molar-refractivity contribution in [2.75, 3.05) is 6.61 Å². The summed E-state index contributed by atoms with van der Waals surface area (Å²) in [5.74, 6) is 1.90. The van der Waals surface area contributed by atoms with Crippen molar-refractivity contribution >= 4 is 5.91 Å². The van der Waals surface area contributed by atoms with Gasteiger partial charge < -0.3 is 10.1 Å². The number of pyridine rings is 1. The summed E-state index contributed by atoms with van der Waals surface area (Å²) in [6, 6.07) is 3.90. The van der Waals surface area contributed by atoms with Crippen LogP contribution in [0.5, 0.6) is 5.88 Å². The molecule has 0 unspecified atom stereocenters. The van der Waals surface area contributed by atoms with Crippen LogP contribution in [0.15, 0.2) is 18.3 Å². The number of nitrogens with zero attached hydrogens (tertiary/aromatic N) is 1. The minimum atomic E-state index is -0.0365. The van der Waals surface area contributed by atoms with Crippen LogP contribution in [0.25, 0.3) is 0 Å². The van der Waals surface area contributed by atoms with Crippen LogP contribution >= 0.6 is 0 Å². The molecule has 0 bridgehead atoms. The number of nitrogens with one attached hydrogen (secondary N) is 1. The van der Waals surface area contributed by atoms with Crippen molar-refractivity contribution in [3.63, 3.8) is 0 Å². The van der Waals surface area contributed by atoms with Crippen LogP contribution in [-0.2, 0) is 0 Å². The highest BCUT2D eigenvalue weighted by atomic mass is 16.5. The van der Waals surface area contributed by atoms with E-state index in [0.29, 0.717) is 29.3 Å². The van der Waals surface area contributed by atoms with Gasteiger partial charge in [-0.3, -0.25) is 4.79 Å². The third-order valence-corrected chi connectivity index (χ3v) is 3.59. The molecule has 0 aliphatic heterocycles. The number of aromatic nitrogens is 1. The van der Waals surface area contributed by atoms with Crippen molar-refractivity contribution in [2.45, 2.75) is 32.2 Å². The third kappa shape index (κ3) is 2.81. The maximum absolute atomic E-state index is 11.8. The molecule has 2 aliphatic rings. The number of hydrogen-bond donors (Lipinski definition) is 1. The molecule has 1 amide bonds. The SMILES string of the molecule is C[C@H]1C[C@H]1NC(=O)c1ccc(OCC2CC2)nc1. The quantitative estimate of drug-likeness (QED) is 0.864. The second-order valence-corrected chi connectivity index (χ2v) is 5.43. The monoisotopic (exact) mass is 246 g/mol. The smallest absolute Gasteiger partial charge is 0.253 e. The van der Waals surface area contributed by atoms with Crippen molar-refractivity contribution in [1.82, 2.24) is 10.3 Å². The van der Waals surface area contributed by atoms with Gasteiger partial charge in [0.05, 0.1) is 12.2 Å². The van der Waals surface area contributed by atoms with Gasteiger partial charge in [0.1, 0.15) is 0 Å². The molecule has 0 aromatic carbocycles. The van der Waals surface area contributed by atoms with E-state index in [1.54, 1.807) is 18.3 Å². The summed E-state index contributed by atoms with van der Waals surface area (Å²) in [6.45, 7) is 2.89. The van der Waals surface area contributed by atoms with E-state index in [1.165, 1.54) is 12.8 Å². The van der Waals surface area contributed by atoms with Crippen LogP contribution in [-0.4, -0.2) is 23.5 Å². The molecule has 96 valence electrons. The highest BCUT2D eigenvalue weighted by Crippen LogP contribution is 2.30. The van der Waals surface area contributed by atoms with E-state index >= 15 is 0 Å². The average molecular weight is 246 g/mol. The molecular formula is C14H18N2O2. The molecule has 2 fully saturated rings. The normalized spacial score (nSPS) is 25.6. The molecule has 3 rings (SSSR count). The van der Waals surface area contributed by atoms with Crippen molar-refractivity contribution in [3.05, 3.63) is 23.9 Å². The standard InChI is InChI=1S/C14H18N2O2/c1-9-6-12(9)16-14(17)11-4-5-13(15-7-11)18-8-10-2-3-10/h4-5,7,9-10,12H,2-3,6,8H2,1H3,(H,16,17)/t9-,12+/m0/s1. The fourth-order valence-corrected chi connectivity index (χ4v) is 1.86. The summed E-state index contributed by atoms with van der Waals surface area (Å²) in [5.41, 5.74) is 0.605. The van der Waals surface area contributed by atoms with Gasteiger partial charge in [-0.1, -0.05) is 6.92 Å². The first-order chi connectivity index (χ1) is 8.72. The fourth-order valence-electron chi connectivity index (χ4n) is 1.86. The number of hydrogen-bond acceptors (Lipinski definition) is 3. The maximum Gasteiger partial charge on any atom is 0.253 e. The number of carbonyl (C=O) groups is 1. The minimum Gasteiger partial charge on any atom is -0.477 e. The van der Waals surface area contributed by atoms with E-state index in [2.05, 4.69) is 17.2 Å². The number of carbonyl (C=O) groups excluding carboxylic acids is 1. The Kier molecular flexibility index (Phi) is 2.94. The van der Waals surface area contributed by atoms with Crippen LogP contribution in [0.1, 0.15) is 36.5 Å². The lowest BCUT2D eigenvalue weighted by atomic mass is 10.2. The molecule has 1 aromatic rings. The number of ether oxygens (including phenoxy) is 1. The lowest BCUT2D eigenvalue weighted by Crippen LogP contribution is -2.26. The summed E-state index contributed by atoms with van der Waals surface area (Å²) in [7, 11) is 0. The minimum absolute atomic E-state index is 0.0365. The Bertz CT molecular complexity index is 440. The Balaban J connectivity index is 1.53. The molecular weight excluding hydrogens is 228 g/mol. The van der Waals surface area contributed by atoms with E-state index < -0.39 is 0 Å². The highest BCUT2D eigenvalue weighted by Gasteiger charge is 2.34. The molecule has 2 atom stereocenters. The van der Waals surface area contributed by atoms with E-state index in [9.17, 15) is 4.79 Å². The lowest BCUT2D eigenvalue weighted by Gasteiger charge is -2.06. The van der Waals surface area contributed by atoms with Gasteiger partial charge in [-0.25, -0.2) is 4.98 Å². The summed E-state index contributed by atoms with van der Waals surface area (Å²) >= 11 is 0. The Morgan fingerprint density at radius 3 is 2.83 bits per heavy atom. The zero-order valence-electron chi connectivity index (χ0n) is 10.6. The maximum atomic E-state index is 11.8. The van der Waals surface area contributed by atoms with Crippen LogP contribution in [0.2, 0.25) is 0 Å². The highest BCUT2D eigenvalue weighted by molar-refractivity contribution is 5.94. The van der Waals surface area contributed by atoms with Gasteiger partial charge in [-0.2, -0.15) is 0 Å². The topological polar surface area (TPSA) is 51.2 Å². The van der Waals surface area contributed by atoms with E-state index in [-0.39, 0.29) is 5.91 Å². The molecule has 0 radical (unpaired) electrons. The van der Waals surface area contributed by atoms with Crippen LogP contribution in [0, 0.1) is 11.8 Å². The lowest BCUT2D eigenvalue weighted by molar-refractivity contribution is 0.0949. The second-order valence-electron chi connectivity index (χ2n) is 5.43. The van der Waals surface area contributed by atoms with Crippen LogP contribution < -0.4 is 10.1 Å². The first kappa shape index (κ1) is 11.5. The van der Waals surface area contributed by atoms with E-state index in [0.717, 1.165) is 13.0 Å².